The van der Waals surface area contributed by atoms with Crippen LogP contribution in [-0.2, 0) is 4.74 Å². The van der Waals surface area contributed by atoms with Gasteiger partial charge in [-0.2, -0.15) is 0 Å². The lowest BCUT2D eigenvalue weighted by atomic mass is 10.2. The number of rotatable bonds is 4. The molecular weight excluding hydrogens is 196 g/mol. The summed E-state index contributed by atoms with van der Waals surface area (Å²) >= 11 is 0. The molecule has 4 N–H and O–H groups in total. The SMILES string of the molecule is COCCN=C(NN)c1c[nH]ccc1=O. The number of H-pyrrole nitrogens is 1. The van der Waals surface area contributed by atoms with E-state index in [1.165, 1.54) is 6.07 Å². The fourth-order valence-corrected chi connectivity index (χ4v) is 1.06. The molecule has 0 amide bonds. The number of aromatic amines is 1. The predicted octanol–water partition coefficient (Wildman–Crippen LogP) is -0.769. The summed E-state index contributed by atoms with van der Waals surface area (Å²) in [5, 5.41) is 0. The molecule has 82 valence electrons. The summed E-state index contributed by atoms with van der Waals surface area (Å²) in [6, 6.07) is 1.42. The number of hydrogen-bond donors (Lipinski definition) is 3. The van der Waals surface area contributed by atoms with Gasteiger partial charge < -0.3 is 15.1 Å². The molecular formula is C9H14N4O2. The third-order valence-corrected chi connectivity index (χ3v) is 1.78. The quantitative estimate of drug-likeness (QED) is 0.200. The molecule has 0 spiro atoms. The summed E-state index contributed by atoms with van der Waals surface area (Å²) in [6.45, 7) is 0.931. The molecule has 1 aromatic rings. The van der Waals surface area contributed by atoms with Crippen molar-refractivity contribution in [2.45, 2.75) is 0 Å². The number of nitrogens with zero attached hydrogens (tertiary/aromatic N) is 1. The maximum absolute atomic E-state index is 11.4. The Morgan fingerprint density at radius 2 is 2.53 bits per heavy atom. The van der Waals surface area contributed by atoms with E-state index in [1.54, 1.807) is 19.5 Å². The van der Waals surface area contributed by atoms with Crippen molar-refractivity contribution in [1.82, 2.24) is 10.4 Å². The molecule has 0 saturated heterocycles. The summed E-state index contributed by atoms with van der Waals surface area (Å²) in [5.41, 5.74) is 2.67. The summed E-state index contributed by atoms with van der Waals surface area (Å²) in [7, 11) is 1.58. The van der Waals surface area contributed by atoms with Crippen molar-refractivity contribution in [2.75, 3.05) is 20.3 Å². The molecule has 0 fully saturated rings. The maximum atomic E-state index is 11.4. The highest BCUT2D eigenvalue weighted by Crippen LogP contribution is 1.89. The first kappa shape index (κ1) is 11.4. The number of methoxy groups -OCH3 is 1. The number of amidine groups is 1. The standard InChI is InChI=1S/C9H14N4O2/c1-15-5-4-12-9(13-10)7-6-11-3-2-8(7)14/h2-3,6H,4-5,10H2,1H3,(H,11,14)(H,12,13). The van der Waals surface area contributed by atoms with E-state index in [9.17, 15) is 4.79 Å². The topological polar surface area (TPSA) is 92.5 Å². The summed E-state index contributed by atoms with van der Waals surface area (Å²) in [5.74, 6) is 5.64. The van der Waals surface area contributed by atoms with Crippen LogP contribution < -0.4 is 16.7 Å². The van der Waals surface area contributed by atoms with Crippen LogP contribution in [-0.4, -0.2) is 31.1 Å². The summed E-state index contributed by atoms with van der Waals surface area (Å²) in [6.07, 6.45) is 3.10. The minimum atomic E-state index is -0.136. The molecule has 1 rings (SSSR count). The van der Waals surface area contributed by atoms with Crippen LogP contribution in [0.25, 0.3) is 0 Å². The molecule has 0 bridgehead atoms. The zero-order valence-corrected chi connectivity index (χ0v) is 8.49. The van der Waals surface area contributed by atoms with Gasteiger partial charge in [-0.3, -0.25) is 9.79 Å². The third-order valence-electron chi connectivity index (χ3n) is 1.78. The molecule has 15 heavy (non-hydrogen) atoms. The monoisotopic (exact) mass is 210 g/mol. The van der Waals surface area contributed by atoms with Gasteiger partial charge in [0.2, 0.25) is 0 Å². The van der Waals surface area contributed by atoms with Crippen LogP contribution in [0.1, 0.15) is 5.56 Å². The van der Waals surface area contributed by atoms with Crippen molar-refractivity contribution in [3.05, 3.63) is 34.2 Å². The normalized spacial score (nSPS) is 11.5. The van der Waals surface area contributed by atoms with Crippen LogP contribution in [0, 0.1) is 0 Å². The molecule has 1 aromatic heterocycles. The van der Waals surface area contributed by atoms with Gasteiger partial charge in [0.15, 0.2) is 5.43 Å². The molecule has 0 aliphatic rings. The van der Waals surface area contributed by atoms with E-state index in [2.05, 4.69) is 15.4 Å². The second-order valence-electron chi connectivity index (χ2n) is 2.79. The number of hydrogen-bond acceptors (Lipinski definition) is 4. The van der Waals surface area contributed by atoms with Crippen molar-refractivity contribution in [1.29, 1.82) is 0 Å². The van der Waals surface area contributed by atoms with Crippen LogP contribution in [0.5, 0.6) is 0 Å². The van der Waals surface area contributed by atoms with Crippen molar-refractivity contribution in [2.24, 2.45) is 10.8 Å². The number of hydrazine groups is 1. The van der Waals surface area contributed by atoms with Crippen LogP contribution in [0.2, 0.25) is 0 Å². The number of nitrogens with two attached hydrogens (primary N) is 1. The lowest BCUT2D eigenvalue weighted by Gasteiger charge is -2.04. The number of nitrogens with one attached hydrogen (secondary N) is 2. The Hall–Kier alpha value is -1.66. The maximum Gasteiger partial charge on any atom is 0.192 e. The van der Waals surface area contributed by atoms with Crippen molar-refractivity contribution >= 4 is 5.84 Å². The highest BCUT2D eigenvalue weighted by atomic mass is 16.5. The molecule has 0 aliphatic heterocycles. The Morgan fingerprint density at radius 1 is 1.73 bits per heavy atom. The van der Waals surface area contributed by atoms with E-state index in [0.29, 0.717) is 24.6 Å². The first-order valence-electron chi connectivity index (χ1n) is 4.47. The minimum absolute atomic E-state index is 0.136. The van der Waals surface area contributed by atoms with Crippen molar-refractivity contribution in [3.63, 3.8) is 0 Å². The zero-order chi connectivity index (χ0) is 11.1. The first-order chi connectivity index (χ1) is 7.29. The van der Waals surface area contributed by atoms with E-state index in [-0.39, 0.29) is 5.43 Å². The van der Waals surface area contributed by atoms with Crippen molar-refractivity contribution < 1.29 is 4.74 Å². The van der Waals surface area contributed by atoms with Gasteiger partial charge >= 0.3 is 0 Å². The summed E-state index contributed by atoms with van der Waals surface area (Å²) < 4.78 is 4.84. The van der Waals surface area contributed by atoms with Gasteiger partial charge in [-0.15, -0.1) is 0 Å². The second-order valence-corrected chi connectivity index (χ2v) is 2.79. The molecule has 6 heteroatoms. The van der Waals surface area contributed by atoms with Gasteiger partial charge in [0.1, 0.15) is 5.84 Å². The Labute approximate surface area is 87.1 Å². The van der Waals surface area contributed by atoms with Gasteiger partial charge in [-0.05, 0) is 0 Å². The van der Waals surface area contributed by atoms with E-state index in [0.717, 1.165) is 0 Å². The molecule has 0 saturated carbocycles. The van der Waals surface area contributed by atoms with Crippen LogP contribution in [0.4, 0.5) is 0 Å². The Morgan fingerprint density at radius 3 is 3.13 bits per heavy atom. The number of aromatic nitrogens is 1. The third kappa shape index (κ3) is 3.19. The number of aliphatic imine (C=N–C) groups is 1. The zero-order valence-electron chi connectivity index (χ0n) is 8.49. The highest BCUT2D eigenvalue weighted by Gasteiger charge is 2.04. The van der Waals surface area contributed by atoms with E-state index in [1.807, 2.05) is 0 Å². The Balaban J connectivity index is 2.88. The van der Waals surface area contributed by atoms with Gasteiger partial charge in [0.05, 0.1) is 18.7 Å². The van der Waals surface area contributed by atoms with E-state index in [4.69, 9.17) is 10.6 Å². The predicted molar refractivity (Wildman–Crippen MR) is 57.7 cm³/mol. The van der Waals surface area contributed by atoms with Crippen LogP contribution >= 0.6 is 0 Å². The lowest BCUT2D eigenvalue weighted by molar-refractivity contribution is 0.208. The Kier molecular flexibility index (Phi) is 4.52. The van der Waals surface area contributed by atoms with Crippen LogP contribution in [0.15, 0.2) is 28.2 Å². The minimum Gasteiger partial charge on any atom is -0.383 e. The molecule has 0 aromatic carbocycles. The average Bonchev–Trinajstić information content (AvgIpc) is 2.26. The van der Waals surface area contributed by atoms with E-state index >= 15 is 0 Å². The van der Waals surface area contributed by atoms with Gasteiger partial charge in [-0.25, -0.2) is 5.84 Å². The molecule has 0 aliphatic carbocycles. The molecule has 0 atom stereocenters. The number of ether oxygens (including phenoxy) is 1. The number of pyridine rings is 1. The summed E-state index contributed by atoms with van der Waals surface area (Å²) in [4.78, 5) is 18.3. The largest absolute Gasteiger partial charge is 0.383 e. The molecule has 0 radical (unpaired) electrons. The van der Waals surface area contributed by atoms with E-state index < -0.39 is 0 Å². The molecule has 6 nitrogen and oxygen atoms in total. The van der Waals surface area contributed by atoms with Crippen molar-refractivity contribution in [3.8, 4) is 0 Å². The van der Waals surface area contributed by atoms with Crippen LogP contribution in [0.3, 0.4) is 0 Å². The fraction of sp³-hybridized carbons (Fsp3) is 0.333. The second kappa shape index (κ2) is 5.94. The molecule has 1 heterocycles. The van der Waals surface area contributed by atoms with Gasteiger partial charge in [0, 0.05) is 25.6 Å². The highest BCUT2D eigenvalue weighted by molar-refractivity contribution is 5.97. The molecule has 0 unspecified atom stereocenters. The smallest absolute Gasteiger partial charge is 0.192 e. The Bertz CT molecular complexity index is 386. The van der Waals surface area contributed by atoms with Gasteiger partial charge in [-0.1, -0.05) is 0 Å². The van der Waals surface area contributed by atoms with Gasteiger partial charge in [0.25, 0.3) is 0 Å². The first-order valence-corrected chi connectivity index (χ1v) is 4.47. The lowest BCUT2D eigenvalue weighted by Crippen LogP contribution is -2.35. The fourth-order valence-electron chi connectivity index (χ4n) is 1.06. The average molecular weight is 210 g/mol.